The number of carbonyl (C=O) groups is 2. The first-order valence-electron chi connectivity index (χ1n) is 9.70. The second kappa shape index (κ2) is 8.18. The molecule has 148 valence electrons. The van der Waals surface area contributed by atoms with E-state index in [9.17, 15) is 9.59 Å². The van der Waals surface area contributed by atoms with Crippen LogP contribution in [-0.4, -0.2) is 40.8 Å². The number of benzene rings is 1. The summed E-state index contributed by atoms with van der Waals surface area (Å²) in [4.78, 5) is 31.9. The number of fused-ring (bicyclic) bond motifs is 1. The Kier molecular flexibility index (Phi) is 5.29. The van der Waals surface area contributed by atoms with Crippen LogP contribution in [0.4, 0.5) is 11.4 Å². The largest absolute Gasteiger partial charge is 0.372 e. The highest BCUT2D eigenvalue weighted by atomic mass is 16.2. The molecule has 29 heavy (non-hydrogen) atoms. The summed E-state index contributed by atoms with van der Waals surface area (Å²) in [5.74, 6) is -0.557. The summed E-state index contributed by atoms with van der Waals surface area (Å²) in [6.07, 6.45) is 5.75. The molecule has 0 saturated carbocycles. The molecule has 2 amide bonds. The molecule has 4 rings (SSSR count). The molecule has 1 fully saturated rings. The number of carbonyl (C=O) groups excluding carboxylic acids is 2. The van der Waals surface area contributed by atoms with E-state index in [1.165, 1.54) is 12.8 Å². The van der Waals surface area contributed by atoms with Gasteiger partial charge in [-0.05, 0) is 49.2 Å². The maximum absolute atomic E-state index is 12.9. The Labute approximate surface area is 169 Å². The smallest absolute Gasteiger partial charge is 0.292 e. The summed E-state index contributed by atoms with van der Waals surface area (Å²) in [6, 6.07) is 13.2. The van der Waals surface area contributed by atoms with Crippen molar-refractivity contribution in [2.75, 3.05) is 29.9 Å². The predicted molar refractivity (Wildman–Crippen MR) is 114 cm³/mol. The van der Waals surface area contributed by atoms with E-state index >= 15 is 0 Å². The van der Waals surface area contributed by atoms with Crippen LogP contribution >= 0.6 is 0 Å². The normalized spacial score (nSPS) is 13.4. The number of nitrogens with one attached hydrogen (secondary N) is 2. The van der Waals surface area contributed by atoms with Crippen molar-refractivity contribution in [1.29, 1.82) is 0 Å². The van der Waals surface area contributed by atoms with Gasteiger partial charge in [0.25, 0.3) is 11.8 Å². The Balaban J connectivity index is 1.56. The Morgan fingerprint density at radius 3 is 2.55 bits per heavy atom. The Hall–Kier alpha value is -3.61. The molecule has 0 radical (unpaired) electrons. The molecule has 3 aromatic rings. The fraction of sp³-hybridized carbons (Fsp3) is 0.227. The first kappa shape index (κ1) is 18.7. The summed E-state index contributed by atoms with van der Waals surface area (Å²) >= 11 is 0. The quantitative estimate of drug-likeness (QED) is 0.635. The van der Waals surface area contributed by atoms with Crippen molar-refractivity contribution in [1.82, 2.24) is 14.7 Å². The van der Waals surface area contributed by atoms with Gasteiger partial charge in [-0.1, -0.05) is 12.1 Å². The molecule has 7 nitrogen and oxygen atoms in total. The van der Waals surface area contributed by atoms with Crippen molar-refractivity contribution >= 4 is 28.7 Å². The van der Waals surface area contributed by atoms with E-state index in [1.54, 1.807) is 34.9 Å². The van der Waals surface area contributed by atoms with Crippen LogP contribution in [0, 0.1) is 0 Å². The lowest BCUT2D eigenvalue weighted by molar-refractivity contribution is 0.0955. The van der Waals surface area contributed by atoms with Crippen molar-refractivity contribution in [3.63, 3.8) is 0 Å². The van der Waals surface area contributed by atoms with E-state index < -0.39 is 0 Å². The summed E-state index contributed by atoms with van der Waals surface area (Å²) in [6.45, 7) is 6.07. The van der Waals surface area contributed by atoms with Crippen molar-refractivity contribution in [2.24, 2.45) is 0 Å². The number of hydrogen-bond acceptors (Lipinski definition) is 4. The van der Waals surface area contributed by atoms with Crippen LogP contribution in [0.15, 0.2) is 61.3 Å². The molecule has 1 aliphatic heterocycles. The molecule has 0 bridgehead atoms. The second-order valence-corrected chi connectivity index (χ2v) is 6.93. The fourth-order valence-corrected chi connectivity index (χ4v) is 3.53. The molecule has 0 spiro atoms. The summed E-state index contributed by atoms with van der Waals surface area (Å²) in [5.41, 5.74) is 2.63. The zero-order valence-electron chi connectivity index (χ0n) is 16.1. The monoisotopic (exact) mass is 389 g/mol. The molecular weight excluding hydrogens is 366 g/mol. The Morgan fingerprint density at radius 2 is 1.83 bits per heavy atom. The molecule has 1 saturated heterocycles. The van der Waals surface area contributed by atoms with Crippen LogP contribution in [0.1, 0.15) is 33.9 Å². The number of aromatic nitrogens is 2. The number of imidazole rings is 1. The highest BCUT2D eigenvalue weighted by Gasteiger charge is 2.21. The van der Waals surface area contributed by atoms with Gasteiger partial charge in [0.2, 0.25) is 5.82 Å². The van der Waals surface area contributed by atoms with Crippen molar-refractivity contribution in [3.8, 4) is 0 Å². The Bertz CT molecular complexity index is 1050. The number of pyridine rings is 1. The maximum atomic E-state index is 12.9. The van der Waals surface area contributed by atoms with E-state index in [-0.39, 0.29) is 23.3 Å². The molecule has 0 aliphatic carbocycles. The van der Waals surface area contributed by atoms with Gasteiger partial charge < -0.3 is 15.5 Å². The van der Waals surface area contributed by atoms with Crippen LogP contribution in [0.5, 0.6) is 0 Å². The van der Waals surface area contributed by atoms with Crippen LogP contribution in [0.3, 0.4) is 0 Å². The van der Waals surface area contributed by atoms with Crippen LogP contribution < -0.4 is 15.5 Å². The van der Waals surface area contributed by atoms with Gasteiger partial charge in [0.15, 0.2) is 5.69 Å². The fourth-order valence-electron chi connectivity index (χ4n) is 3.53. The average Bonchev–Trinajstić information content (AvgIpc) is 3.41. The minimum Gasteiger partial charge on any atom is -0.372 e. The molecule has 1 aromatic carbocycles. The van der Waals surface area contributed by atoms with Gasteiger partial charge in [-0.15, -0.1) is 6.58 Å². The van der Waals surface area contributed by atoms with Gasteiger partial charge in [0.05, 0.1) is 5.52 Å². The van der Waals surface area contributed by atoms with Gasteiger partial charge in [0, 0.05) is 37.2 Å². The lowest BCUT2D eigenvalue weighted by Gasteiger charge is -2.17. The zero-order chi connectivity index (χ0) is 20.2. The van der Waals surface area contributed by atoms with Crippen LogP contribution in [0.25, 0.3) is 5.52 Å². The minimum atomic E-state index is -0.372. The summed E-state index contributed by atoms with van der Waals surface area (Å²) in [7, 11) is 0. The van der Waals surface area contributed by atoms with Gasteiger partial charge >= 0.3 is 0 Å². The van der Waals surface area contributed by atoms with E-state index in [0.29, 0.717) is 17.7 Å². The SMILES string of the molecule is C=CCNC(=O)c1nc(C(=O)Nc2ccc(N3CCCC3)cc2)n2ccccc12. The zero-order valence-corrected chi connectivity index (χ0v) is 16.1. The van der Waals surface area contributed by atoms with Gasteiger partial charge in [-0.25, -0.2) is 4.98 Å². The van der Waals surface area contributed by atoms with Gasteiger partial charge in [0.1, 0.15) is 0 Å². The first-order valence-corrected chi connectivity index (χ1v) is 9.70. The van der Waals surface area contributed by atoms with Crippen LogP contribution in [0.2, 0.25) is 0 Å². The third-order valence-electron chi connectivity index (χ3n) is 4.97. The third-order valence-corrected chi connectivity index (χ3v) is 4.97. The van der Waals surface area contributed by atoms with Gasteiger partial charge in [-0.2, -0.15) is 0 Å². The lowest BCUT2D eigenvalue weighted by atomic mass is 10.2. The number of hydrogen-bond donors (Lipinski definition) is 2. The third kappa shape index (κ3) is 3.85. The molecule has 3 heterocycles. The molecule has 2 N–H and O–H groups in total. The highest BCUT2D eigenvalue weighted by Crippen LogP contribution is 2.22. The predicted octanol–water partition coefficient (Wildman–Crippen LogP) is 3.10. The first-order chi connectivity index (χ1) is 14.2. The molecule has 0 unspecified atom stereocenters. The lowest BCUT2D eigenvalue weighted by Crippen LogP contribution is -2.24. The molecule has 7 heteroatoms. The van der Waals surface area contributed by atoms with E-state index in [0.717, 1.165) is 18.8 Å². The van der Waals surface area contributed by atoms with Crippen molar-refractivity contribution < 1.29 is 9.59 Å². The minimum absolute atomic E-state index is 0.160. The van der Waals surface area contributed by atoms with Crippen molar-refractivity contribution in [3.05, 3.63) is 72.8 Å². The van der Waals surface area contributed by atoms with Crippen LogP contribution in [-0.2, 0) is 0 Å². The number of anilines is 2. The topological polar surface area (TPSA) is 78.7 Å². The number of amides is 2. The number of nitrogens with zero attached hydrogens (tertiary/aromatic N) is 3. The highest BCUT2D eigenvalue weighted by molar-refractivity contribution is 6.06. The molecule has 1 aliphatic rings. The summed E-state index contributed by atoms with van der Waals surface area (Å²) < 4.78 is 1.62. The second-order valence-electron chi connectivity index (χ2n) is 6.93. The molecule has 0 atom stereocenters. The van der Waals surface area contributed by atoms with E-state index in [2.05, 4.69) is 27.1 Å². The molecular formula is C22H23N5O2. The van der Waals surface area contributed by atoms with E-state index in [1.807, 2.05) is 24.3 Å². The van der Waals surface area contributed by atoms with E-state index in [4.69, 9.17) is 0 Å². The number of rotatable bonds is 6. The Morgan fingerprint density at radius 1 is 1.07 bits per heavy atom. The average molecular weight is 389 g/mol. The standard InChI is InChI=1S/C22H23N5O2/c1-2-12-23-21(28)19-18-7-3-4-15-27(18)20(25-19)22(29)24-16-8-10-17(11-9-16)26-13-5-6-14-26/h2-4,7-11,15H,1,5-6,12-14H2,(H,23,28)(H,24,29). The van der Waals surface area contributed by atoms with Crippen molar-refractivity contribution in [2.45, 2.75) is 12.8 Å². The summed E-state index contributed by atoms with van der Waals surface area (Å²) in [5, 5.41) is 5.58. The maximum Gasteiger partial charge on any atom is 0.292 e. The molecule has 2 aromatic heterocycles. The van der Waals surface area contributed by atoms with Gasteiger partial charge in [-0.3, -0.25) is 14.0 Å².